The topological polar surface area (TPSA) is 60.5 Å². The Labute approximate surface area is 99.5 Å². The molecule has 1 rings (SSSR count). The van der Waals surface area contributed by atoms with Crippen LogP contribution in [0.1, 0.15) is 28.8 Å². The average molecular weight is 286 g/mol. The fraction of sp³-hybridized carbons (Fsp3) is 0.300. The lowest BCUT2D eigenvalue weighted by atomic mass is 10.0. The molecule has 0 spiro atoms. The molecule has 82 valence electrons. The standard InChI is InChI=1S/C10H6BrF2N3/c11-3-6-5-16-8(4-15)7(1-2-14)9(6)10(12)13/h5,10H,1,3H2. The van der Waals surface area contributed by atoms with Crippen LogP contribution in [-0.4, -0.2) is 4.98 Å². The summed E-state index contributed by atoms with van der Waals surface area (Å²) in [6, 6.07) is 3.48. The van der Waals surface area contributed by atoms with Crippen LogP contribution in [-0.2, 0) is 11.8 Å². The molecular formula is C10H6BrF2N3. The number of hydrogen-bond acceptors (Lipinski definition) is 3. The lowest BCUT2D eigenvalue weighted by Crippen LogP contribution is -2.04. The van der Waals surface area contributed by atoms with Gasteiger partial charge in [0.15, 0.2) is 0 Å². The average Bonchev–Trinajstić information content (AvgIpc) is 2.28. The maximum absolute atomic E-state index is 12.8. The zero-order valence-corrected chi connectivity index (χ0v) is 9.63. The Morgan fingerprint density at radius 1 is 1.44 bits per heavy atom. The van der Waals surface area contributed by atoms with Crippen LogP contribution in [0.15, 0.2) is 6.20 Å². The predicted octanol–water partition coefficient (Wildman–Crippen LogP) is 2.85. The number of aromatic nitrogens is 1. The van der Waals surface area contributed by atoms with Gasteiger partial charge in [-0.25, -0.2) is 13.8 Å². The third-order valence-corrected chi connectivity index (χ3v) is 2.63. The smallest absolute Gasteiger partial charge is 0.245 e. The van der Waals surface area contributed by atoms with Gasteiger partial charge in [-0.05, 0) is 5.56 Å². The van der Waals surface area contributed by atoms with E-state index in [-0.39, 0.29) is 28.6 Å². The van der Waals surface area contributed by atoms with Crippen molar-refractivity contribution >= 4 is 15.9 Å². The van der Waals surface area contributed by atoms with E-state index in [2.05, 4.69) is 20.9 Å². The minimum absolute atomic E-state index is 0.0250. The first-order valence-corrected chi connectivity index (χ1v) is 5.39. The molecular weight excluding hydrogens is 280 g/mol. The predicted molar refractivity (Wildman–Crippen MR) is 55.9 cm³/mol. The monoisotopic (exact) mass is 285 g/mol. The minimum Gasteiger partial charge on any atom is -0.245 e. The van der Waals surface area contributed by atoms with Gasteiger partial charge in [0.2, 0.25) is 0 Å². The van der Waals surface area contributed by atoms with E-state index in [1.54, 1.807) is 12.1 Å². The highest BCUT2D eigenvalue weighted by Crippen LogP contribution is 2.29. The van der Waals surface area contributed by atoms with Crippen LogP contribution in [0.4, 0.5) is 8.78 Å². The maximum Gasteiger partial charge on any atom is 0.264 e. The first-order valence-electron chi connectivity index (χ1n) is 4.27. The van der Waals surface area contributed by atoms with Crippen molar-refractivity contribution in [3.63, 3.8) is 0 Å². The summed E-state index contributed by atoms with van der Waals surface area (Å²) in [4.78, 5) is 3.75. The number of rotatable bonds is 3. The molecule has 0 fully saturated rings. The Morgan fingerprint density at radius 2 is 2.12 bits per heavy atom. The highest BCUT2D eigenvalue weighted by molar-refractivity contribution is 9.08. The Morgan fingerprint density at radius 3 is 2.56 bits per heavy atom. The van der Waals surface area contributed by atoms with Crippen LogP contribution >= 0.6 is 15.9 Å². The van der Waals surface area contributed by atoms with Gasteiger partial charge >= 0.3 is 0 Å². The quantitative estimate of drug-likeness (QED) is 0.803. The number of pyridine rings is 1. The van der Waals surface area contributed by atoms with E-state index >= 15 is 0 Å². The number of nitriles is 2. The van der Waals surface area contributed by atoms with Gasteiger partial charge in [-0.1, -0.05) is 15.9 Å². The zero-order valence-electron chi connectivity index (χ0n) is 8.04. The lowest BCUT2D eigenvalue weighted by Gasteiger charge is -2.11. The van der Waals surface area contributed by atoms with Crippen LogP contribution in [0.3, 0.4) is 0 Å². The summed E-state index contributed by atoms with van der Waals surface area (Å²) in [5, 5.41) is 17.5. The highest BCUT2D eigenvalue weighted by Gasteiger charge is 2.21. The first kappa shape index (κ1) is 12.5. The van der Waals surface area contributed by atoms with E-state index in [1.807, 2.05) is 0 Å². The summed E-state index contributed by atoms with van der Waals surface area (Å²) in [6.07, 6.45) is -1.72. The van der Waals surface area contributed by atoms with Crippen molar-refractivity contribution in [2.75, 3.05) is 0 Å². The molecule has 1 aromatic rings. The summed E-state index contributed by atoms with van der Waals surface area (Å²) in [7, 11) is 0. The molecule has 1 heterocycles. The van der Waals surface area contributed by atoms with Crippen LogP contribution in [0.2, 0.25) is 0 Å². The van der Waals surface area contributed by atoms with E-state index < -0.39 is 6.43 Å². The molecule has 0 amide bonds. The van der Waals surface area contributed by atoms with Crippen molar-refractivity contribution in [2.24, 2.45) is 0 Å². The molecule has 0 aliphatic rings. The molecule has 0 aromatic carbocycles. The van der Waals surface area contributed by atoms with Gasteiger partial charge in [0.25, 0.3) is 6.43 Å². The molecule has 0 saturated carbocycles. The number of nitrogens with zero attached hydrogens (tertiary/aromatic N) is 3. The molecule has 0 aliphatic carbocycles. The second kappa shape index (κ2) is 5.53. The molecule has 16 heavy (non-hydrogen) atoms. The van der Waals surface area contributed by atoms with Crippen molar-refractivity contribution < 1.29 is 8.78 Å². The Bertz CT molecular complexity index is 474. The molecule has 3 nitrogen and oxygen atoms in total. The number of alkyl halides is 3. The summed E-state index contributed by atoms with van der Waals surface area (Å²) < 4.78 is 25.7. The molecule has 1 aromatic heterocycles. The Kier molecular flexibility index (Phi) is 4.33. The summed E-state index contributed by atoms with van der Waals surface area (Å²) in [6.45, 7) is 0. The summed E-state index contributed by atoms with van der Waals surface area (Å²) >= 11 is 3.07. The van der Waals surface area contributed by atoms with Gasteiger partial charge in [0.1, 0.15) is 11.8 Å². The van der Waals surface area contributed by atoms with Crippen molar-refractivity contribution in [2.45, 2.75) is 18.2 Å². The molecule has 0 aliphatic heterocycles. The molecule has 6 heteroatoms. The van der Waals surface area contributed by atoms with Crippen LogP contribution in [0, 0.1) is 22.7 Å². The van der Waals surface area contributed by atoms with E-state index in [0.717, 1.165) is 0 Å². The molecule has 0 saturated heterocycles. The lowest BCUT2D eigenvalue weighted by molar-refractivity contribution is 0.149. The van der Waals surface area contributed by atoms with Crippen molar-refractivity contribution in [1.29, 1.82) is 10.5 Å². The fourth-order valence-electron chi connectivity index (χ4n) is 1.34. The third kappa shape index (κ3) is 2.34. The van der Waals surface area contributed by atoms with E-state index in [0.29, 0.717) is 5.56 Å². The van der Waals surface area contributed by atoms with Crippen molar-refractivity contribution in [3.8, 4) is 12.1 Å². The van der Waals surface area contributed by atoms with Gasteiger partial charge in [0.05, 0.1) is 12.5 Å². The third-order valence-electron chi connectivity index (χ3n) is 2.03. The summed E-state index contributed by atoms with van der Waals surface area (Å²) in [5.74, 6) is 0. The Balaban J connectivity index is 3.49. The van der Waals surface area contributed by atoms with Crippen molar-refractivity contribution in [1.82, 2.24) is 4.98 Å². The van der Waals surface area contributed by atoms with Gasteiger partial charge in [-0.15, -0.1) is 0 Å². The Hall–Kier alpha value is -1.53. The van der Waals surface area contributed by atoms with Crippen molar-refractivity contribution in [3.05, 3.63) is 28.6 Å². The number of hydrogen-bond donors (Lipinski definition) is 0. The van der Waals surface area contributed by atoms with E-state index in [4.69, 9.17) is 10.5 Å². The van der Waals surface area contributed by atoms with Gasteiger partial charge in [-0.2, -0.15) is 10.5 Å². The highest BCUT2D eigenvalue weighted by atomic mass is 79.9. The molecule has 0 atom stereocenters. The molecule has 0 unspecified atom stereocenters. The summed E-state index contributed by atoms with van der Waals surface area (Å²) in [5.41, 5.74) is -0.0391. The molecule has 0 radical (unpaired) electrons. The molecule has 0 N–H and O–H groups in total. The van der Waals surface area contributed by atoms with Gasteiger partial charge < -0.3 is 0 Å². The zero-order chi connectivity index (χ0) is 12.1. The van der Waals surface area contributed by atoms with Gasteiger partial charge in [0, 0.05) is 22.7 Å². The normalized spacial score (nSPS) is 9.88. The van der Waals surface area contributed by atoms with E-state index in [9.17, 15) is 8.78 Å². The SMILES string of the molecule is N#CCc1c(C#N)ncc(CBr)c1C(F)F. The molecule has 0 bridgehead atoms. The largest absolute Gasteiger partial charge is 0.264 e. The van der Waals surface area contributed by atoms with Crippen LogP contribution in [0.5, 0.6) is 0 Å². The van der Waals surface area contributed by atoms with Gasteiger partial charge in [-0.3, -0.25) is 0 Å². The minimum atomic E-state index is -2.72. The number of halogens is 3. The van der Waals surface area contributed by atoms with Crippen LogP contribution < -0.4 is 0 Å². The van der Waals surface area contributed by atoms with Crippen LogP contribution in [0.25, 0.3) is 0 Å². The maximum atomic E-state index is 12.8. The second-order valence-electron chi connectivity index (χ2n) is 2.91. The fourth-order valence-corrected chi connectivity index (χ4v) is 1.79. The second-order valence-corrected chi connectivity index (χ2v) is 3.47. The van der Waals surface area contributed by atoms with E-state index in [1.165, 1.54) is 6.20 Å². The first-order chi connectivity index (χ1) is 7.65.